The second kappa shape index (κ2) is 12.6. The van der Waals surface area contributed by atoms with Crippen LogP contribution in [0.25, 0.3) is 0 Å². The number of rotatable bonds is 4. The summed E-state index contributed by atoms with van der Waals surface area (Å²) in [6, 6.07) is 19.8. The Bertz CT molecular complexity index is 788. The van der Waals surface area contributed by atoms with Crippen molar-refractivity contribution >= 4 is 18.5 Å². The van der Waals surface area contributed by atoms with Gasteiger partial charge in [0, 0.05) is 13.0 Å². The lowest BCUT2D eigenvalue weighted by atomic mass is 10.2. The number of nitrogens with zero attached hydrogens (tertiary/aromatic N) is 1. The normalized spacial score (nSPS) is 18.2. The van der Waals surface area contributed by atoms with Gasteiger partial charge in [0.05, 0.1) is 12.6 Å². The van der Waals surface area contributed by atoms with Crippen LogP contribution in [0.1, 0.15) is 52.9 Å². The Balaban J connectivity index is 0.000000241. The van der Waals surface area contributed by atoms with Crippen molar-refractivity contribution in [2.45, 2.75) is 70.7 Å². The molecule has 0 N–H and O–H groups in total. The minimum absolute atomic E-state index is 0. The van der Waals surface area contributed by atoms with Crippen LogP contribution in [0, 0.1) is 0 Å². The van der Waals surface area contributed by atoms with Gasteiger partial charge in [-0.3, -0.25) is 0 Å². The van der Waals surface area contributed by atoms with E-state index in [-0.39, 0.29) is 24.6 Å². The third-order valence-corrected chi connectivity index (χ3v) is 5.19. The van der Waals surface area contributed by atoms with Crippen molar-refractivity contribution in [3.05, 3.63) is 60.7 Å². The second-order valence-electron chi connectivity index (χ2n) is 9.11. The summed E-state index contributed by atoms with van der Waals surface area (Å²) in [5.74, 6) is 1.86. The predicted octanol–water partition coefficient (Wildman–Crippen LogP) is 6.50. The van der Waals surface area contributed by atoms with E-state index in [0.717, 1.165) is 17.9 Å². The predicted molar refractivity (Wildman–Crippen MR) is 130 cm³/mol. The molecule has 0 aromatic heterocycles. The van der Waals surface area contributed by atoms with Gasteiger partial charge in [-0.1, -0.05) is 36.4 Å². The van der Waals surface area contributed by atoms with Gasteiger partial charge >= 0.3 is 6.09 Å². The number of benzene rings is 2. The molecule has 0 spiro atoms. The van der Waals surface area contributed by atoms with Gasteiger partial charge in [0.25, 0.3) is 0 Å². The summed E-state index contributed by atoms with van der Waals surface area (Å²) in [6.07, 6.45) is 6.24. The van der Waals surface area contributed by atoms with Crippen molar-refractivity contribution in [3.8, 4) is 11.5 Å². The molecule has 0 radical (unpaired) electrons. The fourth-order valence-corrected chi connectivity index (χ4v) is 3.71. The van der Waals surface area contributed by atoms with Gasteiger partial charge in [-0.15, -0.1) is 12.4 Å². The molecular weight excluding hydrogens is 426 g/mol. The third kappa shape index (κ3) is 8.99. The molecule has 1 atom stereocenters. The van der Waals surface area contributed by atoms with Crippen molar-refractivity contribution < 1.29 is 19.0 Å². The zero-order chi connectivity index (χ0) is 22.1. The van der Waals surface area contributed by atoms with Gasteiger partial charge in [-0.05, 0) is 70.7 Å². The quantitative estimate of drug-likeness (QED) is 0.521. The standard InChI is InChI=1S/C15H21NO3.C11H14O.ClH/c1-15(2,3)19-14(17)16-10-9-13(11-16)18-12-7-5-4-6-8-12;1-2-6-10(7-3-1)12-11-8-4-5-9-11;/h4-8,13H,9-11H2,1-3H3;1-3,6-7,11H,4-5,8-9H2;1H. The monoisotopic (exact) mass is 461 g/mol. The van der Waals surface area contributed by atoms with E-state index in [1.807, 2.05) is 81.4 Å². The van der Waals surface area contributed by atoms with Gasteiger partial charge in [0.2, 0.25) is 0 Å². The topological polar surface area (TPSA) is 48.0 Å². The summed E-state index contributed by atoms with van der Waals surface area (Å²) in [4.78, 5) is 13.6. The number of halogens is 1. The number of para-hydroxylation sites is 2. The zero-order valence-electron chi connectivity index (χ0n) is 19.4. The average molecular weight is 462 g/mol. The Morgan fingerprint density at radius 3 is 1.81 bits per heavy atom. The smallest absolute Gasteiger partial charge is 0.410 e. The maximum atomic E-state index is 11.9. The summed E-state index contributed by atoms with van der Waals surface area (Å²) in [5, 5.41) is 0. The van der Waals surface area contributed by atoms with Gasteiger partial charge in [-0.25, -0.2) is 4.79 Å². The highest BCUT2D eigenvalue weighted by molar-refractivity contribution is 5.85. The SMILES string of the molecule is CC(C)(C)OC(=O)N1CCC(Oc2ccccc2)C1.Cl.c1ccc(OC2CCCC2)cc1. The first-order chi connectivity index (χ1) is 14.9. The number of hydrogen-bond acceptors (Lipinski definition) is 4. The second-order valence-corrected chi connectivity index (χ2v) is 9.11. The zero-order valence-corrected chi connectivity index (χ0v) is 20.2. The molecule has 1 heterocycles. The van der Waals surface area contributed by atoms with Gasteiger partial charge in [-0.2, -0.15) is 0 Å². The highest BCUT2D eigenvalue weighted by Crippen LogP contribution is 2.23. The summed E-state index contributed by atoms with van der Waals surface area (Å²) in [5.41, 5.74) is -0.449. The van der Waals surface area contributed by atoms with E-state index in [9.17, 15) is 4.79 Å². The summed E-state index contributed by atoms with van der Waals surface area (Å²) in [7, 11) is 0. The van der Waals surface area contributed by atoms with E-state index >= 15 is 0 Å². The molecule has 1 unspecified atom stereocenters. The first-order valence-electron chi connectivity index (χ1n) is 11.3. The van der Waals surface area contributed by atoms with E-state index in [1.165, 1.54) is 25.7 Å². The molecule has 2 fully saturated rings. The number of carbonyl (C=O) groups is 1. The van der Waals surface area contributed by atoms with Crippen LogP contribution in [0.3, 0.4) is 0 Å². The van der Waals surface area contributed by atoms with Gasteiger partial charge in [0.15, 0.2) is 0 Å². The largest absolute Gasteiger partial charge is 0.490 e. The Kier molecular flexibility index (Phi) is 10.2. The van der Waals surface area contributed by atoms with E-state index in [2.05, 4.69) is 0 Å². The Labute approximate surface area is 198 Å². The molecule has 176 valence electrons. The molecule has 1 amide bonds. The first kappa shape index (κ1) is 25.9. The lowest BCUT2D eigenvalue weighted by molar-refractivity contribution is 0.0275. The van der Waals surface area contributed by atoms with E-state index in [0.29, 0.717) is 19.2 Å². The summed E-state index contributed by atoms with van der Waals surface area (Å²) >= 11 is 0. The van der Waals surface area contributed by atoms with Crippen molar-refractivity contribution in [2.75, 3.05) is 13.1 Å². The highest BCUT2D eigenvalue weighted by Gasteiger charge is 2.30. The maximum absolute atomic E-state index is 11.9. The van der Waals surface area contributed by atoms with Crippen LogP contribution in [-0.2, 0) is 4.74 Å². The minimum Gasteiger partial charge on any atom is -0.490 e. The molecule has 6 heteroatoms. The number of carbonyl (C=O) groups excluding carboxylic acids is 1. The molecule has 2 aromatic rings. The van der Waals surface area contributed by atoms with Crippen molar-refractivity contribution in [3.63, 3.8) is 0 Å². The minimum atomic E-state index is -0.449. The summed E-state index contributed by atoms with van der Waals surface area (Å²) < 4.78 is 17.0. The molecule has 0 bridgehead atoms. The van der Waals surface area contributed by atoms with Crippen LogP contribution in [0.5, 0.6) is 11.5 Å². The molecule has 2 aromatic carbocycles. The number of likely N-dealkylation sites (tertiary alicyclic amines) is 1. The molecule has 1 saturated carbocycles. The molecule has 1 aliphatic heterocycles. The van der Waals surface area contributed by atoms with Crippen LogP contribution >= 0.6 is 12.4 Å². The highest BCUT2D eigenvalue weighted by atomic mass is 35.5. The molecule has 1 aliphatic carbocycles. The third-order valence-electron chi connectivity index (χ3n) is 5.19. The van der Waals surface area contributed by atoms with Crippen LogP contribution in [-0.4, -0.2) is 41.9 Å². The van der Waals surface area contributed by atoms with Crippen molar-refractivity contribution in [2.24, 2.45) is 0 Å². The maximum Gasteiger partial charge on any atom is 0.410 e. The number of hydrogen-bond donors (Lipinski definition) is 0. The van der Waals surface area contributed by atoms with Crippen LogP contribution in [0.4, 0.5) is 4.79 Å². The van der Waals surface area contributed by atoms with Crippen molar-refractivity contribution in [1.29, 1.82) is 0 Å². The first-order valence-corrected chi connectivity index (χ1v) is 11.3. The molecule has 1 saturated heterocycles. The number of amides is 1. The Morgan fingerprint density at radius 1 is 0.812 bits per heavy atom. The van der Waals surface area contributed by atoms with Crippen LogP contribution < -0.4 is 9.47 Å². The molecule has 2 aliphatic rings. The number of ether oxygens (including phenoxy) is 3. The van der Waals surface area contributed by atoms with Crippen LogP contribution in [0.2, 0.25) is 0 Å². The lowest BCUT2D eigenvalue weighted by Crippen LogP contribution is -2.36. The van der Waals surface area contributed by atoms with Gasteiger partial charge < -0.3 is 19.1 Å². The molecule has 4 rings (SSSR count). The van der Waals surface area contributed by atoms with E-state index < -0.39 is 5.60 Å². The van der Waals surface area contributed by atoms with Crippen LogP contribution in [0.15, 0.2) is 60.7 Å². The molecule has 5 nitrogen and oxygen atoms in total. The molecule has 32 heavy (non-hydrogen) atoms. The van der Waals surface area contributed by atoms with E-state index in [1.54, 1.807) is 4.90 Å². The summed E-state index contributed by atoms with van der Waals surface area (Å²) in [6.45, 7) is 6.90. The van der Waals surface area contributed by atoms with E-state index in [4.69, 9.17) is 14.2 Å². The lowest BCUT2D eigenvalue weighted by Gasteiger charge is -2.24. The Hall–Kier alpha value is -2.40. The molecular formula is C26H36ClNO4. The van der Waals surface area contributed by atoms with Crippen molar-refractivity contribution in [1.82, 2.24) is 4.90 Å². The fourth-order valence-electron chi connectivity index (χ4n) is 3.71. The Morgan fingerprint density at radius 2 is 1.31 bits per heavy atom. The fraction of sp³-hybridized carbons (Fsp3) is 0.500. The average Bonchev–Trinajstić information content (AvgIpc) is 3.41. The van der Waals surface area contributed by atoms with Gasteiger partial charge in [0.1, 0.15) is 23.2 Å².